The van der Waals surface area contributed by atoms with E-state index >= 15 is 0 Å². The number of nitrogens with one attached hydrogen (secondary N) is 1. The Kier molecular flexibility index (Phi) is 3.47. The number of nitrogens with zero attached hydrogens (tertiary/aromatic N) is 1. The second-order valence-electron chi connectivity index (χ2n) is 5.54. The van der Waals surface area contributed by atoms with Crippen molar-refractivity contribution in [2.75, 3.05) is 5.01 Å². The topological polar surface area (TPSA) is 52.6 Å². The van der Waals surface area contributed by atoms with Crippen LogP contribution in [0.3, 0.4) is 0 Å². The number of allylic oxidation sites excluding steroid dienone is 1. The number of carbonyl (C=O) groups excluding carboxylic acids is 1. The molecule has 0 radical (unpaired) electrons. The number of hydrogen-bond acceptors (Lipinski definition) is 3. The Labute approximate surface area is 129 Å². The average molecular weight is 294 g/mol. The van der Waals surface area contributed by atoms with Gasteiger partial charge in [0, 0.05) is 0 Å². The molecule has 2 N–H and O–H groups in total. The predicted molar refractivity (Wildman–Crippen MR) is 86.2 cm³/mol. The van der Waals surface area contributed by atoms with Crippen LogP contribution in [0.4, 0.5) is 5.69 Å². The Morgan fingerprint density at radius 1 is 1.05 bits per heavy atom. The van der Waals surface area contributed by atoms with E-state index in [4.69, 9.17) is 0 Å². The standard InChI is InChI=1S/C18H18N2O2/c1-13(21)16-17(22)20(15-11-7-4-8-12-15)19-18(16,2)14-9-5-3-6-10-14/h3-12,19,21H,1-2H3/b16-13+. The molecule has 0 aliphatic carbocycles. The van der Waals surface area contributed by atoms with Gasteiger partial charge in [-0.15, -0.1) is 0 Å². The van der Waals surface area contributed by atoms with Crippen LogP contribution < -0.4 is 10.4 Å². The van der Waals surface area contributed by atoms with Gasteiger partial charge in [0.1, 0.15) is 5.76 Å². The minimum absolute atomic E-state index is 0.0299. The van der Waals surface area contributed by atoms with Crippen molar-refractivity contribution in [1.82, 2.24) is 5.43 Å². The molecule has 1 fully saturated rings. The van der Waals surface area contributed by atoms with Crippen molar-refractivity contribution in [3.63, 3.8) is 0 Å². The molecule has 1 saturated heterocycles. The fourth-order valence-electron chi connectivity index (χ4n) is 2.91. The van der Waals surface area contributed by atoms with Crippen LogP contribution >= 0.6 is 0 Å². The molecule has 2 aromatic rings. The zero-order valence-electron chi connectivity index (χ0n) is 12.6. The van der Waals surface area contributed by atoms with Crippen LogP contribution in [-0.2, 0) is 10.3 Å². The molecule has 0 spiro atoms. The fourth-order valence-corrected chi connectivity index (χ4v) is 2.91. The van der Waals surface area contributed by atoms with Crippen molar-refractivity contribution in [3.8, 4) is 0 Å². The lowest BCUT2D eigenvalue weighted by molar-refractivity contribution is -0.114. The summed E-state index contributed by atoms with van der Waals surface area (Å²) in [5.74, 6) is -0.208. The number of para-hydroxylation sites is 1. The number of carbonyl (C=O) groups is 1. The first-order valence-electron chi connectivity index (χ1n) is 7.17. The molecular weight excluding hydrogens is 276 g/mol. The molecule has 4 nitrogen and oxygen atoms in total. The van der Waals surface area contributed by atoms with E-state index in [1.807, 2.05) is 67.6 Å². The Bertz CT molecular complexity index is 721. The van der Waals surface area contributed by atoms with Gasteiger partial charge in [-0.3, -0.25) is 4.79 Å². The third-order valence-electron chi connectivity index (χ3n) is 3.98. The summed E-state index contributed by atoms with van der Waals surface area (Å²) in [6, 6.07) is 19.0. The molecule has 112 valence electrons. The van der Waals surface area contributed by atoms with Crippen molar-refractivity contribution in [1.29, 1.82) is 0 Å². The van der Waals surface area contributed by atoms with E-state index in [-0.39, 0.29) is 11.7 Å². The maximum absolute atomic E-state index is 12.8. The number of rotatable bonds is 2. The van der Waals surface area contributed by atoms with Gasteiger partial charge in [-0.2, -0.15) is 0 Å². The summed E-state index contributed by atoms with van der Waals surface area (Å²) < 4.78 is 0. The van der Waals surface area contributed by atoms with Crippen molar-refractivity contribution < 1.29 is 9.90 Å². The third-order valence-corrected chi connectivity index (χ3v) is 3.98. The largest absolute Gasteiger partial charge is 0.512 e. The zero-order valence-corrected chi connectivity index (χ0v) is 12.6. The Morgan fingerprint density at radius 3 is 2.14 bits per heavy atom. The molecule has 2 aromatic carbocycles. The van der Waals surface area contributed by atoms with Crippen molar-refractivity contribution in [2.45, 2.75) is 19.4 Å². The second-order valence-corrected chi connectivity index (χ2v) is 5.54. The quantitative estimate of drug-likeness (QED) is 0.660. The van der Waals surface area contributed by atoms with Gasteiger partial charge in [0.25, 0.3) is 5.91 Å². The molecule has 0 bridgehead atoms. The zero-order chi connectivity index (χ0) is 15.7. The molecule has 1 unspecified atom stereocenters. The van der Waals surface area contributed by atoms with Crippen LogP contribution in [0, 0.1) is 0 Å². The van der Waals surface area contributed by atoms with Gasteiger partial charge in [-0.1, -0.05) is 48.5 Å². The van der Waals surface area contributed by atoms with Crippen LogP contribution in [0.25, 0.3) is 0 Å². The van der Waals surface area contributed by atoms with Gasteiger partial charge in [0.15, 0.2) is 0 Å². The van der Waals surface area contributed by atoms with Crippen molar-refractivity contribution in [3.05, 3.63) is 77.6 Å². The molecule has 1 heterocycles. The number of aliphatic hydroxyl groups is 1. The van der Waals surface area contributed by atoms with E-state index < -0.39 is 5.54 Å². The maximum Gasteiger partial charge on any atom is 0.274 e. The molecule has 0 saturated carbocycles. The first-order valence-corrected chi connectivity index (χ1v) is 7.17. The molecule has 22 heavy (non-hydrogen) atoms. The molecule has 1 aliphatic heterocycles. The average Bonchev–Trinajstić information content (AvgIpc) is 2.81. The van der Waals surface area contributed by atoms with Gasteiger partial charge in [-0.05, 0) is 31.5 Å². The Hall–Kier alpha value is -2.59. The summed E-state index contributed by atoms with van der Waals surface area (Å²) in [6.45, 7) is 3.45. The van der Waals surface area contributed by atoms with Crippen LogP contribution in [0.2, 0.25) is 0 Å². The smallest absolute Gasteiger partial charge is 0.274 e. The predicted octanol–water partition coefficient (Wildman–Crippen LogP) is 3.29. The van der Waals surface area contributed by atoms with E-state index in [0.29, 0.717) is 5.57 Å². The number of hydrogen-bond donors (Lipinski definition) is 2. The summed E-state index contributed by atoms with van der Waals surface area (Å²) >= 11 is 0. The van der Waals surface area contributed by atoms with Crippen LogP contribution in [0.15, 0.2) is 72.0 Å². The van der Waals surface area contributed by atoms with Crippen molar-refractivity contribution in [2.24, 2.45) is 0 Å². The first kappa shape index (κ1) is 14.4. The number of hydrazine groups is 1. The number of aliphatic hydroxyl groups excluding tert-OH is 1. The maximum atomic E-state index is 12.8. The Balaban J connectivity index is 2.12. The highest BCUT2D eigenvalue weighted by atomic mass is 16.3. The number of amides is 1. The van der Waals surface area contributed by atoms with Crippen molar-refractivity contribution >= 4 is 11.6 Å². The normalized spacial score (nSPS) is 23.7. The van der Waals surface area contributed by atoms with Gasteiger partial charge in [-0.25, -0.2) is 10.4 Å². The van der Waals surface area contributed by atoms with Gasteiger partial charge in [0.2, 0.25) is 0 Å². The number of anilines is 1. The molecule has 1 atom stereocenters. The van der Waals surface area contributed by atoms with E-state index in [9.17, 15) is 9.90 Å². The van der Waals surface area contributed by atoms with E-state index in [2.05, 4.69) is 5.43 Å². The van der Waals surface area contributed by atoms with E-state index in [1.165, 1.54) is 5.01 Å². The highest BCUT2D eigenvalue weighted by Crippen LogP contribution is 2.38. The SMILES string of the molecule is C/C(O)=C1/C(=O)N(c2ccccc2)NC1(C)c1ccccc1. The van der Waals surface area contributed by atoms with Gasteiger partial charge < -0.3 is 5.11 Å². The monoisotopic (exact) mass is 294 g/mol. The lowest BCUT2D eigenvalue weighted by Gasteiger charge is -2.27. The molecular formula is C18H18N2O2. The Morgan fingerprint density at radius 2 is 1.59 bits per heavy atom. The summed E-state index contributed by atoms with van der Waals surface area (Å²) in [7, 11) is 0. The highest BCUT2D eigenvalue weighted by molar-refractivity contribution is 6.09. The molecule has 4 heteroatoms. The van der Waals surface area contributed by atoms with Crippen LogP contribution in [0.1, 0.15) is 19.4 Å². The van der Waals surface area contributed by atoms with Gasteiger partial charge >= 0.3 is 0 Å². The van der Waals surface area contributed by atoms with Gasteiger partial charge in [0.05, 0.1) is 16.8 Å². The lowest BCUT2D eigenvalue weighted by atomic mass is 9.85. The van der Waals surface area contributed by atoms with E-state index in [0.717, 1.165) is 11.3 Å². The summed E-state index contributed by atoms with van der Waals surface area (Å²) in [6.07, 6.45) is 0. The summed E-state index contributed by atoms with van der Waals surface area (Å²) in [5, 5.41) is 11.6. The lowest BCUT2D eigenvalue weighted by Crippen LogP contribution is -2.43. The fraction of sp³-hybridized carbons (Fsp3) is 0.167. The summed E-state index contributed by atoms with van der Waals surface area (Å²) in [4.78, 5) is 12.8. The molecule has 1 amide bonds. The third kappa shape index (κ3) is 2.18. The van der Waals surface area contributed by atoms with Crippen LogP contribution in [0.5, 0.6) is 0 Å². The second kappa shape index (κ2) is 5.31. The van der Waals surface area contributed by atoms with Crippen LogP contribution in [-0.4, -0.2) is 11.0 Å². The molecule has 3 rings (SSSR count). The number of benzene rings is 2. The molecule has 1 aliphatic rings. The first-order chi connectivity index (χ1) is 10.5. The minimum Gasteiger partial charge on any atom is -0.512 e. The highest BCUT2D eigenvalue weighted by Gasteiger charge is 2.47. The van der Waals surface area contributed by atoms with E-state index in [1.54, 1.807) is 6.92 Å². The summed E-state index contributed by atoms with van der Waals surface area (Å²) in [5.41, 5.74) is 4.50. The minimum atomic E-state index is -0.771. The molecule has 0 aromatic heterocycles.